The number of benzene rings is 2. The van der Waals surface area contributed by atoms with E-state index in [0.29, 0.717) is 16.3 Å². The van der Waals surface area contributed by atoms with E-state index in [9.17, 15) is 10.1 Å². The van der Waals surface area contributed by atoms with Crippen LogP contribution < -0.4 is 10.1 Å². The largest absolute Gasteiger partial charge is 0.489 e. The Labute approximate surface area is 121 Å². The fourth-order valence-electron chi connectivity index (χ4n) is 1.65. The second kappa shape index (κ2) is 6.25. The van der Waals surface area contributed by atoms with Crippen LogP contribution in [0.2, 0.25) is 5.02 Å². The average molecular weight is 293 g/mol. The lowest BCUT2D eigenvalue weighted by atomic mass is 10.2. The van der Waals surface area contributed by atoms with Crippen LogP contribution in [0.25, 0.3) is 0 Å². The number of hydrogen-bond donors (Lipinski definition) is 1. The maximum atomic E-state index is 10.6. The van der Waals surface area contributed by atoms with Gasteiger partial charge in [-0.05, 0) is 30.3 Å². The van der Waals surface area contributed by atoms with Crippen molar-refractivity contribution >= 4 is 23.0 Å². The first kappa shape index (κ1) is 14.1. The van der Waals surface area contributed by atoms with Gasteiger partial charge >= 0.3 is 0 Å². The third-order valence-electron chi connectivity index (χ3n) is 2.78. The third kappa shape index (κ3) is 3.39. The van der Waals surface area contributed by atoms with Crippen LogP contribution in [0.5, 0.6) is 5.75 Å². The summed E-state index contributed by atoms with van der Waals surface area (Å²) in [7, 11) is 1.84. The number of nitro benzene ring substituents is 1. The number of hydrogen-bond acceptors (Lipinski definition) is 4. The second-order valence-electron chi connectivity index (χ2n) is 4.10. The smallest absolute Gasteiger partial charge is 0.270 e. The summed E-state index contributed by atoms with van der Waals surface area (Å²) in [6.45, 7) is 0.260. The summed E-state index contributed by atoms with van der Waals surface area (Å²) in [4.78, 5) is 10.1. The fraction of sp³-hybridized carbons (Fsp3) is 0.143. The standard InChI is InChI=1S/C14H13ClN2O3/c1-16-11-3-6-13(7-4-11)20-9-10-2-5-12(17(18)19)8-14(10)15/h2-8,16H,9H2,1H3. The molecule has 0 saturated carbocycles. The molecule has 0 aliphatic heterocycles. The maximum Gasteiger partial charge on any atom is 0.270 e. The van der Waals surface area contributed by atoms with Crippen molar-refractivity contribution in [3.63, 3.8) is 0 Å². The van der Waals surface area contributed by atoms with E-state index < -0.39 is 4.92 Å². The van der Waals surface area contributed by atoms with E-state index in [2.05, 4.69) is 5.32 Å². The predicted molar refractivity (Wildman–Crippen MR) is 78.4 cm³/mol. The molecule has 0 fully saturated rings. The van der Waals surface area contributed by atoms with Crippen LogP contribution >= 0.6 is 11.6 Å². The van der Waals surface area contributed by atoms with Gasteiger partial charge in [-0.25, -0.2) is 0 Å². The molecule has 0 amide bonds. The zero-order chi connectivity index (χ0) is 14.5. The third-order valence-corrected chi connectivity index (χ3v) is 3.14. The molecule has 6 heteroatoms. The van der Waals surface area contributed by atoms with Gasteiger partial charge in [0.2, 0.25) is 0 Å². The highest BCUT2D eigenvalue weighted by atomic mass is 35.5. The minimum Gasteiger partial charge on any atom is -0.489 e. The van der Waals surface area contributed by atoms with Gasteiger partial charge in [-0.3, -0.25) is 10.1 Å². The monoisotopic (exact) mass is 292 g/mol. The summed E-state index contributed by atoms with van der Waals surface area (Å²) in [6, 6.07) is 11.8. The highest BCUT2D eigenvalue weighted by Gasteiger charge is 2.09. The molecule has 20 heavy (non-hydrogen) atoms. The summed E-state index contributed by atoms with van der Waals surface area (Å²) >= 11 is 5.99. The van der Waals surface area contributed by atoms with E-state index >= 15 is 0 Å². The first-order chi connectivity index (χ1) is 9.60. The molecule has 0 unspecified atom stereocenters. The summed E-state index contributed by atoms with van der Waals surface area (Å²) in [6.07, 6.45) is 0. The molecule has 0 radical (unpaired) electrons. The van der Waals surface area contributed by atoms with Crippen LogP contribution in [-0.2, 0) is 6.61 Å². The van der Waals surface area contributed by atoms with Crippen molar-refractivity contribution in [1.29, 1.82) is 0 Å². The van der Waals surface area contributed by atoms with Gasteiger partial charge in [0.25, 0.3) is 5.69 Å². The van der Waals surface area contributed by atoms with Crippen molar-refractivity contribution in [3.05, 3.63) is 63.2 Å². The predicted octanol–water partition coefficient (Wildman–Crippen LogP) is 3.87. The Morgan fingerprint density at radius 3 is 2.50 bits per heavy atom. The molecule has 104 valence electrons. The van der Waals surface area contributed by atoms with E-state index in [1.165, 1.54) is 12.1 Å². The van der Waals surface area contributed by atoms with Crippen LogP contribution in [0.4, 0.5) is 11.4 Å². The first-order valence-electron chi connectivity index (χ1n) is 5.93. The number of halogens is 1. The maximum absolute atomic E-state index is 10.6. The number of nitrogens with zero attached hydrogens (tertiary/aromatic N) is 1. The number of nitro groups is 1. The molecular weight excluding hydrogens is 280 g/mol. The quantitative estimate of drug-likeness (QED) is 0.671. The van der Waals surface area contributed by atoms with Crippen molar-refractivity contribution in [1.82, 2.24) is 0 Å². The molecule has 0 bridgehead atoms. The Morgan fingerprint density at radius 1 is 1.25 bits per heavy atom. The van der Waals surface area contributed by atoms with E-state index in [0.717, 1.165) is 5.69 Å². The van der Waals surface area contributed by atoms with Gasteiger partial charge in [-0.15, -0.1) is 0 Å². The van der Waals surface area contributed by atoms with Gasteiger partial charge in [-0.2, -0.15) is 0 Å². The Kier molecular flexibility index (Phi) is 4.42. The number of ether oxygens (including phenoxy) is 1. The van der Waals surface area contributed by atoms with Gasteiger partial charge in [0.1, 0.15) is 12.4 Å². The molecular formula is C14H13ClN2O3. The van der Waals surface area contributed by atoms with Crippen molar-refractivity contribution < 1.29 is 9.66 Å². The number of anilines is 1. The minimum absolute atomic E-state index is 0.0304. The van der Waals surface area contributed by atoms with Crippen molar-refractivity contribution in [2.45, 2.75) is 6.61 Å². The average Bonchev–Trinajstić information content (AvgIpc) is 2.46. The van der Waals surface area contributed by atoms with Crippen LogP contribution in [0.3, 0.4) is 0 Å². The van der Waals surface area contributed by atoms with Gasteiger partial charge in [-0.1, -0.05) is 11.6 Å². The SMILES string of the molecule is CNc1ccc(OCc2ccc([N+](=O)[O-])cc2Cl)cc1. The van der Waals surface area contributed by atoms with Crippen molar-refractivity contribution in [3.8, 4) is 5.75 Å². The lowest BCUT2D eigenvalue weighted by molar-refractivity contribution is -0.384. The summed E-state index contributed by atoms with van der Waals surface area (Å²) < 4.78 is 5.59. The molecule has 2 aromatic carbocycles. The Hall–Kier alpha value is -2.27. The van der Waals surface area contributed by atoms with Gasteiger partial charge in [0, 0.05) is 30.4 Å². The van der Waals surface area contributed by atoms with Crippen LogP contribution in [0.1, 0.15) is 5.56 Å². The van der Waals surface area contributed by atoms with Crippen LogP contribution in [0, 0.1) is 10.1 Å². The van der Waals surface area contributed by atoms with E-state index in [1.807, 2.05) is 31.3 Å². The number of rotatable bonds is 5. The highest BCUT2D eigenvalue weighted by Crippen LogP contribution is 2.24. The van der Waals surface area contributed by atoms with Crippen molar-refractivity contribution in [2.24, 2.45) is 0 Å². The Morgan fingerprint density at radius 2 is 1.95 bits per heavy atom. The van der Waals surface area contributed by atoms with Gasteiger partial charge < -0.3 is 10.1 Å². The Bertz CT molecular complexity index is 614. The lowest BCUT2D eigenvalue weighted by Crippen LogP contribution is -1.97. The molecule has 0 atom stereocenters. The molecule has 1 N–H and O–H groups in total. The molecule has 0 aromatic heterocycles. The van der Waals surface area contributed by atoms with Crippen LogP contribution in [-0.4, -0.2) is 12.0 Å². The highest BCUT2D eigenvalue weighted by molar-refractivity contribution is 6.31. The normalized spacial score (nSPS) is 10.1. The second-order valence-corrected chi connectivity index (χ2v) is 4.50. The molecule has 0 saturated heterocycles. The topological polar surface area (TPSA) is 64.4 Å². The van der Waals surface area contributed by atoms with E-state index in [-0.39, 0.29) is 12.3 Å². The van der Waals surface area contributed by atoms with Gasteiger partial charge in [0.05, 0.1) is 9.95 Å². The number of non-ortho nitro benzene ring substituents is 1. The molecule has 0 spiro atoms. The molecule has 2 rings (SSSR count). The van der Waals surface area contributed by atoms with Crippen molar-refractivity contribution in [2.75, 3.05) is 12.4 Å². The minimum atomic E-state index is -0.479. The zero-order valence-corrected chi connectivity index (χ0v) is 11.6. The van der Waals surface area contributed by atoms with E-state index in [4.69, 9.17) is 16.3 Å². The van der Waals surface area contributed by atoms with Crippen LogP contribution in [0.15, 0.2) is 42.5 Å². The fourth-order valence-corrected chi connectivity index (χ4v) is 1.88. The summed E-state index contributed by atoms with van der Waals surface area (Å²) in [5.41, 5.74) is 1.66. The van der Waals surface area contributed by atoms with Gasteiger partial charge in [0.15, 0.2) is 0 Å². The Balaban J connectivity index is 2.04. The number of nitrogens with one attached hydrogen (secondary N) is 1. The first-order valence-corrected chi connectivity index (χ1v) is 6.31. The van der Waals surface area contributed by atoms with E-state index in [1.54, 1.807) is 6.07 Å². The molecule has 0 heterocycles. The summed E-state index contributed by atoms with van der Waals surface area (Å²) in [5.74, 6) is 0.707. The molecule has 5 nitrogen and oxygen atoms in total. The molecule has 2 aromatic rings. The summed E-state index contributed by atoms with van der Waals surface area (Å²) in [5, 5.41) is 14.0. The lowest BCUT2D eigenvalue weighted by Gasteiger charge is -2.08. The zero-order valence-electron chi connectivity index (χ0n) is 10.8. The molecule has 0 aliphatic rings. The molecule has 0 aliphatic carbocycles.